The first kappa shape index (κ1) is 17.4. The molecular formula is C14H25N3O4. The van der Waals surface area contributed by atoms with Gasteiger partial charge in [0.15, 0.2) is 0 Å². The molecule has 1 fully saturated rings. The molecule has 1 rings (SSSR count). The average Bonchev–Trinajstić information content (AvgIpc) is 2.69. The van der Waals surface area contributed by atoms with E-state index in [1.807, 2.05) is 13.8 Å². The predicted molar refractivity (Wildman–Crippen MR) is 77.5 cm³/mol. The Morgan fingerprint density at radius 1 is 1.33 bits per heavy atom. The molecule has 0 radical (unpaired) electrons. The van der Waals surface area contributed by atoms with Crippen LogP contribution in [0.3, 0.4) is 0 Å². The number of aliphatic hydroxyl groups excluding tert-OH is 1. The van der Waals surface area contributed by atoms with Crippen molar-refractivity contribution in [1.82, 2.24) is 15.5 Å². The monoisotopic (exact) mass is 299 g/mol. The lowest BCUT2D eigenvalue weighted by Gasteiger charge is -2.31. The van der Waals surface area contributed by atoms with Gasteiger partial charge in [-0.25, -0.2) is 4.79 Å². The van der Waals surface area contributed by atoms with Gasteiger partial charge in [-0.2, -0.15) is 0 Å². The van der Waals surface area contributed by atoms with Crippen molar-refractivity contribution in [1.29, 1.82) is 0 Å². The van der Waals surface area contributed by atoms with E-state index < -0.39 is 28.9 Å². The molecule has 7 heteroatoms. The molecule has 0 aromatic carbocycles. The highest BCUT2D eigenvalue weighted by Crippen LogP contribution is 2.21. The van der Waals surface area contributed by atoms with Crippen molar-refractivity contribution in [2.45, 2.75) is 58.0 Å². The third-order valence-corrected chi connectivity index (χ3v) is 4.41. The molecule has 120 valence electrons. The summed E-state index contributed by atoms with van der Waals surface area (Å²) in [5, 5.41) is 14.8. The predicted octanol–water partition coefficient (Wildman–Crippen LogP) is 0.374. The minimum Gasteiger partial charge on any atom is -0.394 e. The molecule has 0 aromatic heterocycles. The van der Waals surface area contributed by atoms with Gasteiger partial charge in [-0.05, 0) is 26.2 Å². The van der Waals surface area contributed by atoms with E-state index in [4.69, 9.17) is 0 Å². The van der Waals surface area contributed by atoms with Gasteiger partial charge in [0.25, 0.3) is 5.91 Å². The average molecular weight is 299 g/mol. The van der Waals surface area contributed by atoms with Gasteiger partial charge in [0, 0.05) is 0 Å². The number of imide groups is 1. The van der Waals surface area contributed by atoms with E-state index >= 15 is 0 Å². The number of amides is 4. The molecule has 7 nitrogen and oxygen atoms in total. The van der Waals surface area contributed by atoms with Crippen molar-refractivity contribution in [3.63, 3.8) is 0 Å². The van der Waals surface area contributed by atoms with Crippen LogP contribution < -0.4 is 10.6 Å². The maximum atomic E-state index is 12.2. The van der Waals surface area contributed by atoms with E-state index in [0.717, 1.165) is 4.90 Å². The number of nitrogens with zero attached hydrogens (tertiary/aromatic N) is 1. The topological polar surface area (TPSA) is 98.7 Å². The second-order valence-electron chi connectivity index (χ2n) is 5.70. The Balaban J connectivity index is 2.76. The first-order valence-electron chi connectivity index (χ1n) is 7.33. The lowest BCUT2D eigenvalue weighted by molar-refractivity contribution is -0.135. The molecule has 1 heterocycles. The van der Waals surface area contributed by atoms with Crippen LogP contribution in [0.2, 0.25) is 0 Å². The molecule has 0 aromatic rings. The zero-order valence-corrected chi connectivity index (χ0v) is 13.2. The van der Waals surface area contributed by atoms with Crippen LogP contribution in [0.1, 0.15) is 47.0 Å². The molecular weight excluding hydrogens is 274 g/mol. The molecule has 0 saturated carbocycles. The molecule has 3 N–H and O–H groups in total. The van der Waals surface area contributed by atoms with Crippen molar-refractivity contribution in [2.75, 3.05) is 13.2 Å². The van der Waals surface area contributed by atoms with Gasteiger partial charge in [-0.3, -0.25) is 14.5 Å². The first-order chi connectivity index (χ1) is 9.77. The number of rotatable bonds is 7. The Bertz CT molecular complexity index is 426. The van der Waals surface area contributed by atoms with Crippen LogP contribution in [0.5, 0.6) is 0 Å². The lowest BCUT2D eigenvalue weighted by atomic mass is 9.94. The fraction of sp³-hybridized carbons (Fsp3) is 0.786. The van der Waals surface area contributed by atoms with Gasteiger partial charge in [0.05, 0.1) is 12.1 Å². The van der Waals surface area contributed by atoms with Crippen LogP contribution in [0.25, 0.3) is 0 Å². The highest BCUT2D eigenvalue weighted by Gasteiger charge is 2.47. The molecule has 1 atom stereocenters. The van der Waals surface area contributed by atoms with E-state index in [1.165, 1.54) is 0 Å². The Hall–Kier alpha value is -1.63. The number of carbonyl (C=O) groups excluding carboxylic acids is 3. The summed E-state index contributed by atoms with van der Waals surface area (Å²) in [6, 6.07) is -0.554. The Kier molecular flexibility index (Phi) is 5.33. The largest absolute Gasteiger partial charge is 0.394 e. The smallest absolute Gasteiger partial charge is 0.325 e. The second-order valence-corrected chi connectivity index (χ2v) is 5.70. The molecule has 21 heavy (non-hydrogen) atoms. The highest BCUT2D eigenvalue weighted by molar-refractivity contribution is 6.08. The van der Waals surface area contributed by atoms with Crippen LogP contribution in [-0.4, -0.2) is 52.1 Å². The molecule has 0 bridgehead atoms. The minimum atomic E-state index is -0.944. The summed E-state index contributed by atoms with van der Waals surface area (Å²) in [6.07, 6.45) is 1.59. The highest BCUT2D eigenvalue weighted by atomic mass is 16.3. The zero-order valence-electron chi connectivity index (χ0n) is 13.2. The SMILES string of the molecule is CCC(CC)(CO)NC(=O)CN1C(=O)NC(C)(CC)C1=O. The first-order valence-corrected chi connectivity index (χ1v) is 7.33. The maximum absolute atomic E-state index is 12.2. The zero-order chi connectivity index (χ0) is 16.3. The quantitative estimate of drug-likeness (QED) is 0.592. The minimum absolute atomic E-state index is 0.182. The van der Waals surface area contributed by atoms with Crippen LogP contribution in [-0.2, 0) is 9.59 Å². The summed E-state index contributed by atoms with van der Waals surface area (Å²) >= 11 is 0. The van der Waals surface area contributed by atoms with E-state index in [1.54, 1.807) is 13.8 Å². The van der Waals surface area contributed by atoms with Gasteiger partial charge in [0.2, 0.25) is 5.91 Å². The molecule has 1 aliphatic rings. The number of nitrogens with one attached hydrogen (secondary N) is 2. The third-order valence-electron chi connectivity index (χ3n) is 4.41. The van der Waals surface area contributed by atoms with Crippen molar-refractivity contribution in [3.8, 4) is 0 Å². The number of carbonyl (C=O) groups is 3. The summed E-state index contributed by atoms with van der Waals surface area (Å²) in [5.41, 5.74) is -1.65. The standard InChI is InChI=1S/C14H25N3O4/c1-5-13(4)11(20)17(12(21)16-13)8-10(19)15-14(6-2,7-3)9-18/h18H,5-9H2,1-4H3,(H,15,19)(H,16,21). The molecule has 1 unspecified atom stereocenters. The Morgan fingerprint density at radius 2 is 1.90 bits per heavy atom. The summed E-state index contributed by atoms with van der Waals surface area (Å²) in [7, 11) is 0. The molecule has 0 aliphatic carbocycles. The normalized spacial score (nSPS) is 22.4. The van der Waals surface area contributed by atoms with E-state index in [0.29, 0.717) is 19.3 Å². The number of aliphatic hydroxyl groups is 1. The van der Waals surface area contributed by atoms with Gasteiger partial charge < -0.3 is 15.7 Å². The molecule has 1 aliphatic heterocycles. The number of hydrogen-bond acceptors (Lipinski definition) is 4. The van der Waals surface area contributed by atoms with Crippen molar-refractivity contribution >= 4 is 17.8 Å². The Labute approximate surface area is 125 Å². The molecule has 4 amide bonds. The summed E-state index contributed by atoms with van der Waals surface area (Å²) in [5.74, 6) is -0.843. The summed E-state index contributed by atoms with van der Waals surface area (Å²) in [6.45, 7) is 6.65. The van der Waals surface area contributed by atoms with Crippen molar-refractivity contribution < 1.29 is 19.5 Å². The maximum Gasteiger partial charge on any atom is 0.325 e. The van der Waals surface area contributed by atoms with Gasteiger partial charge in [-0.1, -0.05) is 20.8 Å². The summed E-state index contributed by atoms with van der Waals surface area (Å²) < 4.78 is 0. The lowest BCUT2D eigenvalue weighted by Crippen LogP contribution is -2.54. The second kappa shape index (κ2) is 6.43. The van der Waals surface area contributed by atoms with Crippen LogP contribution in [0.15, 0.2) is 0 Å². The molecule has 1 saturated heterocycles. The fourth-order valence-corrected chi connectivity index (χ4v) is 2.30. The van der Waals surface area contributed by atoms with E-state index in [-0.39, 0.29) is 13.2 Å². The van der Waals surface area contributed by atoms with E-state index in [9.17, 15) is 19.5 Å². The summed E-state index contributed by atoms with van der Waals surface area (Å²) in [4.78, 5) is 37.0. The third kappa shape index (κ3) is 3.34. The van der Waals surface area contributed by atoms with Crippen molar-refractivity contribution in [2.24, 2.45) is 0 Å². The van der Waals surface area contributed by atoms with Crippen LogP contribution in [0.4, 0.5) is 4.79 Å². The number of hydrogen-bond donors (Lipinski definition) is 3. The fourth-order valence-electron chi connectivity index (χ4n) is 2.30. The van der Waals surface area contributed by atoms with Gasteiger partial charge >= 0.3 is 6.03 Å². The van der Waals surface area contributed by atoms with Gasteiger partial charge in [0.1, 0.15) is 12.1 Å². The van der Waals surface area contributed by atoms with Crippen LogP contribution >= 0.6 is 0 Å². The van der Waals surface area contributed by atoms with Gasteiger partial charge in [-0.15, -0.1) is 0 Å². The van der Waals surface area contributed by atoms with E-state index in [2.05, 4.69) is 10.6 Å². The number of urea groups is 1. The van der Waals surface area contributed by atoms with Crippen LogP contribution in [0, 0.1) is 0 Å². The van der Waals surface area contributed by atoms with Crippen molar-refractivity contribution in [3.05, 3.63) is 0 Å². The Morgan fingerprint density at radius 3 is 2.29 bits per heavy atom. The molecule has 0 spiro atoms.